The lowest BCUT2D eigenvalue weighted by atomic mass is 10.1. The molecule has 2 aliphatic heterocycles. The first-order valence-electron chi connectivity index (χ1n) is 6.62. The van der Waals surface area contributed by atoms with Gasteiger partial charge in [-0.05, 0) is 25.0 Å². The highest BCUT2D eigenvalue weighted by Crippen LogP contribution is 2.20. The van der Waals surface area contributed by atoms with E-state index in [0.717, 1.165) is 19.4 Å². The number of nitrogens with zero attached hydrogens (tertiary/aromatic N) is 4. The molecule has 108 valence electrons. The van der Waals surface area contributed by atoms with Crippen LogP contribution >= 0.6 is 0 Å². The third kappa shape index (κ3) is 2.59. The van der Waals surface area contributed by atoms with E-state index in [1.807, 2.05) is 13.1 Å². The first-order valence-corrected chi connectivity index (χ1v) is 6.62. The number of carbonyl (C=O) groups excluding carboxylic acids is 2. The van der Waals surface area contributed by atoms with Crippen LogP contribution in [0.5, 0.6) is 0 Å². The van der Waals surface area contributed by atoms with Gasteiger partial charge in [-0.15, -0.1) is 0 Å². The lowest BCUT2D eigenvalue weighted by molar-refractivity contribution is -0.124. The molecule has 0 aliphatic carbocycles. The average Bonchev–Trinajstić information content (AvgIpc) is 2.92. The van der Waals surface area contributed by atoms with Crippen molar-refractivity contribution in [2.24, 2.45) is 5.10 Å². The summed E-state index contributed by atoms with van der Waals surface area (Å²) in [6.07, 6.45) is 5.75. The Bertz CT molecular complexity index is 531. The summed E-state index contributed by atoms with van der Waals surface area (Å²) in [5.41, 5.74) is 1.75. The average molecular weight is 276 g/mol. The van der Waals surface area contributed by atoms with Gasteiger partial charge in [-0.1, -0.05) is 0 Å². The topological polar surface area (TPSA) is 56.2 Å². The smallest absolute Gasteiger partial charge is 0.276 e. The van der Waals surface area contributed by atoms with Gasteiger partial charge in [0, 0.05) is 40.4 Å². The van der Waals surface area contributed by atoms with Gasteiger partial charge in [0.05, 0.1) is 5.57 Å². The fourth-order valence-corrected chi connectivity index (χ4v) is 2.27. The number of likely N-dealkylation sites (tertiary alicyclic amines) is 1. The number of rotatable bonds is 2. The van der Waals surface area contributed by atoms with E-state index >= 15 is 0 Å². The van der Waals surface area contributed by atoms with Crippen LogP contribution in [-0.4, -0.2) is 67.1 Å². The third-order valence-electron chi connectivity index (χ3n) is 3.50. The second-order valence-corrected chi connectivity index (χ2v) is 5.24. The van der Waals surface area contributed by atoms with Crippen molar-refractivity contribution in [2.75, 3.05) is 34.7 Å². The molecule has 2 aliphatic rings. The molecule has 2 rings (SSSR count). The van der Waals surface area contributed by atoms with Crippen molar-refractivity contribution in [2.45, 2.75) is 12.8 Å². The van der Waals surface area contributed by atoms with Crippen LogP contribution < -0.4 is 0 Å². The van der Waals surface area contributed by atoms with Gasteiger partial charge >= 0.3 is 0 Å². The molecule has 0 spiro atoms. The molecule has 6 heteroatoms. The Morgan fingerprint density at radius 1 is 1.30 bits per heavy atom. The summed E-state index contributed by atoms with van der Waals surface area (Å²) in [5.74, 6) is -0.500. The minimum atomic E-state index is -0.257. The molecule has 0 aromatic rings. The fourth-order valence-electron chi connectivity index (χ4n) is 2.27. The van der Waals surface area contributed by atoms with Crippen molar-refractivity contribution in [3.63, 3.8) is 0 Å². The molecular formula is C14H20N4O2. The Morgan fingerprint density at radius 2 is 2.00 bits per heavy atom. The Hall–Kier alpha value is -2.11. The number of carbonyl (C=O) groups is 2. The van der Waals surface area contributed by atoms with Crippen LogP contribution in [0.25, 0.3) is 0 Å². The molecule has 2 amide bonds. The number of allylic oxidation sites excluding steroid dienone is 3. The molecule has 6 nitrogen and oxygen atoms in total. The maximum Gasteiger partial charge on any atom is 0.276 e. The third-order valence-corrected chi connectivity index (χ3v) is 3.50. The fraction of sp³-hybridized carbons (Fsp3) is 0.500. The highest BCUT2D eigenvalue weighted by molar-refractivity contribution is 6.52. The minimum absolute atomic E-state index is 0.208. The van der Waals surface area contributed by atoms with E-state index in [2.05, 4.69) is 10.0 Å². The number of hydrogen-bond acceptors (Lipinski definition) is 4. The Kier molecular flexibility index (Phi) is 3.92. The lowest BCUT2D eigenvalue weighted by Gasteiger charge is -2.12. The number of likely N-dealkylation sites (N-methyl/N-ethyl adjacent to an activating group) is 1. The van der Waals surface area contributed by atoms with Crippen molar-refractivity contribution in [3.05, 3.63) is 23.4 Å². The predicted molar refractivity (Wildman–Crippen MR) is 76.9 cm³/mol. The lowest BCUT2D eigenvalue weighted by Crippen LogP contribution is -2.30. The first kappa shape index (κ1) is 14.3. The van der Waals surface area contributed by atoms with E-state index in [-0.39, 0.29) is 17.5 Å². The van der Waals surface area contributed by atoms with Gasteiger partial charge in [0.2, 0.25) is 0 Å². The maximum atomic E-state index is 12.1. The van der Waals surface area contributed by atoms with Gasteiger partial charge < -0.3 is 9.80 Å². The summed E-state index contributed by atoms with van der Waals surface area (Å²) in [6, 6.07) is 0. The van der Waals surface area contributed by atoms with Crippen molar-refractivity contribution in [1.82, 2.24) is 14.8 Å². The van der Waals surface area contributed by atoms with Crippen molar-refractivity contribution < 1.29 is 9.59 Å². The largest absolute Gasteiger partial charge is 0.378 e. The summed E-state index contributed by atoms with van der Waals surface area (Å²) < 4.78 is 0. The van der Waals surface area contributed by atoms with Crippen LogP contribution in [0, 0.1) is 0 Å². The van der Waals surface area contributed by atoms with Gasteiger partial charge in [0.15, 0.2) is 5.71 Å². The molecule has 0 saturated carbocycles. The standard InChI is InChI=1S/C14H20N4O2/c1-16(2)14(20)12-11(13(19)18(4)15-12)8-7-10-6-5-9-17(10)3/h7-8H,5-6,9H2,1-4H3/b10-7-,11-8+. The van der Waals surface area contributed by atoms with E-state index in [0.29, 0.717) is 5.57 Å². The minimum Gasteiger partial charge on any atom is -0.378 e. The van der Waals surface area contributed by atoms with E-state index in [1.165, 1.54) is 15.6 Å². The Balaban J connectivity index is 2.30. The van der Waals surface area contributed by atoms with E-state index < -0.39 is 0 Å². The molecule has 0 N–H and O–H groups in total. The number of hydrazone groups is 1. The van der Waals surface area contributed by atoms with Gasteiger partial charge in [-0.3, -0.25) is 9.59 Å². The Morgan fingerprint density at radius 3 is 2.55 bits per heavy atom. The zero-order chi connectivity index (χ0) is 14.9. The van der Waals surface area contributed by atoms with Gasteiger partial charge in [0.1, 0.15) is 0 Å². The van der Waals surface area contributed by atoms with Crippen molar-refractivity contribution >= 4 is 17.5 Å². The normalized spacial score (nSPS) is 23.0. The molecule has 20 heavy (non-hydrogen) atoms. The molecule has 0 bridgehead atoms. The Labute approximate surface area is 119 Å². The van der Waals surface area contributed by atoms with Crippen LogP contribution in [0.2, 0.25) is 0 Å². The van der Waals surface area contributed by atoms with Crippen LogP contribution in [0.3, 0.4) is 0 Å². The molecule has 0 aromatic carbocycles. The SMILES string of the molecule is CN(C)C(=O)C1=NN(C)C(=O)/C1=C/C=C1/CCCN1C. The highest BCUT2D eigenvalue weighted by Gasteiger charge is 2.32. The predicted octanol–water partition coefficient (Wildman–Crippen LogP) is 0.438. The summed E-state index contributed by atoms with van der Waals surface area (Å²) in [4.78, 5) is 27.7. The summed E-state index contributed by atoms with van der Waals surface area (Å²) in [5, 5.41) is 5.24. The molecule has 1 saturated heterocycles. The number of amides is 2. The zero-order valence-corrected chi connectivity index (χ0v) is 12.4. The van der Waals surface area contributed by atoms with Gasteiger partial charge in [0.25, 0.3) is 11.8 Å². The quantitative estimate of drug-likeness (QED) is 0.688. The molecule has 0 radical (unpaired) electrons. The molecule has 0 atom stereocenters. The molecule has 1 fully saturated rings. The summed E-state index contributed by atoms with van der Waals surface area (Å²) in [7, 11) is 6.88. The monoisotopic (exact) mass is 276 g/mol. The summed E-state index contributed by atoms with van der Waals surface area (Å²) >= 11 is 0. The van der Waals surface area contributed by atoms with Crippen LogP contribution in [0.15, 0.2) is 28.5 Å². The molecule has 0 unspecified atom stereocenters. The van der Waals surface area contributed by atoms with E-state index in [9.17, 15) is 9.59 Å². The second kappa shape index (κ2) is 5.48. The van der Waals surface area contributed by atoms with Crippen molar-refractivity contribution in [3.8, 4) is 0 Å². The molecule has 0 aromatic heterocycles. The second-order valence-electron chi connectivity index (χ2n) is 5.24. The first-order chi connectivity index (χ1) is 9.41. The summed E-state index contributed by atoms with van der Waals surface area (Å²) in [6.45, 7) is 1.03. The molecule has 2 heterocycles. The van der Waals surface area contributed by atoms with Gasteiger partial charge in [-0.2, -0.15) is 5.10 Å². The number of hydrogen-bond donors (Lipinski definition) is 0. The zero-order valence-electron chi connectivity index (χ0n) is 12.4. The van der Waals surface area contributed by atoms with E-state index in [4.69, 9.17) is 0 Å². The van der Waals surface area contributed by atoms with Crippen LogP contribution in [-0.2, 0) is 9.59 Å². The maximum absolute atomic E-state index is 12.1. The van der Waals surface area contributed by atoms with E-state index in [1.54, 1.807) is 27.2 Å². The van der Waals surface area contributed by atoms with Gasteiger partial charge in [-0.25, -0.2) is 5.01 Å². The van der Waals surface area contributed by atoms with Crippen LogP contribution in [0.1, 0.15) is 12.8 Å². The highest BCUT2D eigenvalue weighted by atomic mass is 16.2. The van der Waals surface area contributed by atoms with Crippen LogP contribution in [0.4, 0.5) is 0 Å². The molecular weight excluding hydrogens is 256 g/mol. The van der Waals surface area contributed by atoms with Crippen molar-refractivity contribution in [1.29, 1.82) is 0 Å².